The summed E-state index contributed by atoms with van der Waals surface area (Å²) >= 11 is 0. The third-order valence-electron chi connectivity index (χ3n) is 4.45. The standard InChI is InChI=1S/C15H32N2/c1-12(9-10-15(2,3)4)17(5)14-8-6-7-13(14)11-16/h12-14H,6-11,16H2,1-5H3. The van der Waals surface area contributed by atoms with Crippen LogP contribution in [0.5, 0.6) is 0 Å². The van der Waals surface area contributed by atoms with Crippen molar-refractivity contribution in [2.24, 2.45) is 17.1 Å². The Morgan fingerprint density at radius 2 is 1.94 bits per heavy atom. The first-order chi connectivity index (χ1) is 7.85. The maximum atomic E-state index is 5.88. The van der Waals surface area contributed by atoms with Gasteiger partial charge in [0, 0.05) is 12.1 Å². The molecule has 3 atom stereocenters. The van der Waals surface area contributed by atoms with E-state index in [-0.39, 0.29) is 0 Å². The molecular weight excluding hydrogens is 208 g/mol. The summed E-state index contributed by atoms with van der Waals surface area (Å²) in [6.45, 7) is 10.2. The Balaban J connectivity index is 2.43. The lowest BCUT2D eigenvalue weighted by Crippen LogP contribution is -2.43. The summed E-state index contributed by atoms with van der Waals surface area (Å²) in [5.74, 6) is 0.733. The van der Waals surface area contributed by atoms with Crippen molar-refractivity contribution in [1.29, 1.82) is 0 Å². The lowest BCUT2D eigenvalue weighted by Gasteiger charge is -2.35. The van der Waals surface area contributed by atoms with Crippen molar-refractivity contribution in [3.05, 3.63) is 0 Å². The molecule has 0 heterocycles. The minimum Gasteiger partial charge on any atom is -0.330 e. The number of nitrogens with zero attached hydrogens (tertiary/aromatic N) is 1. The molecule has 0 radical (unpaired) electrons. The molecule has 0 bridgehead atoms. The van der Waals surface area contributed by atoms with Crippen LogP contribution in [0.25, 0.3) is 0 Å². The predicted octanol–water partition coefficient (Wildman–Crippen LogP) is 3.26. The maximum Gasteiger partial charge on any atom is 0.0135 e. The Morgan fingerprint density at radius 3 is 2.47 bits per heavy atom. The smallest absolute Gasteiger partial charge is 0.0135 e. The van der Waals surface area contributed by atoms with E-state index >= 15 is 0 Å². The van der Waals surface area contributed by atoms with Crippen LogP contribution in [0.1, 0.15) is 59.8 Å². The monoisotopic (exact) mass is 240 g/mol. The Bertz CT molecular complexity index is 219. The molecule has 102 valence electrons. The van der Waals surface area contributed by atoms with Gasteiger partial charge < -0.3 is 10.6 Å². The normalized spacial score (nSPS) is 27.7. The zero-order chi connectivity index (χ0) is 13.1. The van der Waals surface area contributed by atoms with Gasteiger partial charge in [-0.15, -0.1) is 0 Å². The predicted molar refractivity (Wildman–Crippen MR) is 76.1 cm³/mol. The molecule has 1 rings (SSSR count). The van der Waals surface area contributed by atoms with Crippen molar-refractivity contribution < 1.29 is 0 Å². The molecule has 0 aromatic rings. The minimum absolute atomic E-state index is 0.456. The zero-order valence-corrected chi connectivity index (χ0v) is 12.5. The number of hydrogen-bond acceptors (Lipinski definition) is 2. The molecule has 0 saturated heterocycles. The molecular formula is C15H32N2. The SMILES string of the molecule is CC(CCC(C)(C)C)N(C)C1CCCC1CN. The lowest BCUT2D eigenvalue weighted by molar-refractivity contribution is 0.135. The van der Waals surface area contributed by atoms with Gasteiger partial charge in [0.15, 0.2) is 0 Å². The Hall–Kier alpha value is -0.0800. The molecule has 3 unspecified atom stereocenters. The van der Waals surface area contributed by atoms with Crippen LogP contribution in [0, 0.1) is 11.3 Å². The number of rotatable bonds is 5. The molecule has 0 amide bonds. The van der Waals surface area contributed by atoms with Crippen molar-refractivity contribution in [3.63, 3.8) is 0 Å². The van der Waals surface area contributed by atoms with Crippen molar-refractivity contribution >= 4 is 0 Å². The third kappa shape index (κ3) is 4.59. The molecule has 2 heteroatoms. The van der Waals surface area contributed by atoms with Gasteiger partial charge in [0.25, 0.3) is 0 Å². The fourth-order valence-corrected chi connectivity index (χ4v) is 3.00. The summed E-state index contributed by atoms with van der Waals surface area (Å²) < 4.78 is 0. The van der Waals surface area contributed by atoms with Crippen LogP contribution in [-0.4, -0.2) is 30.6 Å². The van der Waals surface area contributed by atoms with Gasteiger partial charge in [0.1, 0.15) is 0 Å². The van der Waals surface area contributed by atoms with Crippen molar-refractivity contribution in [2.75, 3.05) is 13.6 Å². The highest BCUT2D eigenvalue weighted by Crippen LogP contribution is 2.31. The molecule has 0 aliphatic heterocycles. The summed E-state index contributed by atoms with van der Waals surface area (Å²) in [5, 5.41) is 0. The fourth-order valence-electron chi connectivity index (χ4n) is 3.00. The van der Waals surface area contributed by atoms with E-state index in [1.807, 2.05) is 0 Å². The van der Waals surface area contributed by atoms with E-state index in [2.05, 4.69) is 39.6 Å². The summed E-state index contributed by atoms with van der Waals surface area (Å²) in [5.41, 5.74) is 6.34. The van der Waals surface area contributed by atoms with Crippen LogP contribution in [0.2, 0.25) is 0 Å². The highest BCUT2D eigenvalue weighted by atomic mass is 15.2. The summed E-state index contributed by atoms with van der Waals surface area (Å²) in [7, 11) is 2.30. The quantitative estimate of drug-likeness (QED) is 0.799. The van der Waals surface area contributed by atoms with Crippen molar-refractivity contribution in [2.45, 2.75) is 71.9 Å². The van der Waals surface area contributed by atoms with E-state index in [1.54, 1.807) is 0 Å². The molecule has 0 aromatic heterocycles. The molecule has 0 aromatic carbocycles. The molecule has 1 fully saturated rings. The summed E-state index contributed by atoms with van der Waals surface area (Å²) in [6, 6.07) is 1.42. The molecule has 1 aliphatic rings. The van der Waals surface area contributed by atoms with E-state index in [0.717, 1.165) is 18.5 Å². The van der Waals surface area contributed by atoms with Crippen molar-refractivity contribution in [3.8, 4) is 0 Å². The number of nitrogens with two attached hydrogens (primary N) is 1. The first-order valence-electron chi connectivity index (χ1n) is 7.27. The van der Waals surface area contributed by atoms with Gasteiger partial charge in [-0.25, -0.2) is 0 Å². The van der Waals surface area contributed by atoms with Gasteiger partial charge in [-0.05, 0) is 57.5 Å². The number of hydrogen-bond donors (Lipinski definition) is 1. The Morgan fingerprint density at radius 1 is 1.29 bits per heavy atom. The molecule has 0 spiro atoms. The highest BCUT2D eigenvalue weighted by Gasteiger charge is 2.31. The molecule has 2 N–H and O–H groups in total. The average Bonchev–Trinajstić information content (AvgIpc) is 2.71. The van der Waals surface area contributed by atoms with E-state index < -0.39 is 0 Å². The average molecular weight is 240 g/mol. The van der Waals surface area contributed by atoms with Gasteiger partial charge >= 0.3 is 0 Å². The van der Waals surface area contributed by atoms with E-state index in [4.69, 9.17) is 5.73 Å². The first kappa shape index (κ1) is 15.0. The van der Waals surface area contributed by atoms with Gasteiger partial charge in [0.05, 0.1) is 0 Å². The molecule has 1 aliphatic carbocycles. The van der Waals surface area contributed by atoms with Gasteiger partial charge in [0.2, 0.25) is 0 Å². The summed E-state index contributed by atoms with van der Waals surface area (Å²) in [6.07, 6.45) is 6.64. The van der Waals surface area contributed by atoms with Crippen LogP contribution in [0.3, 0.4) is 0 Å². The molecule has 1 saturated carbocycles. The Labute approximate surface area is 108 Å². The van der Waals surface area contributed by atoms with E-state index in [0.29, 0.717) is 11.5 Å². The van der Waals surface area contributed by atoms with Crippen LogP contribution in [0.4, 0.5) is 0 Å². The zero-order valence-electron chi connectivity index (χ0n) is 12.5. The third-order valence-corrected chi connectivity index (χ3v) is 4.45. The second-order valence-electron chi connectivity index (χ2n) is 7.11. The Kier molecular flexibility index (Phi) is 5.46. The highest BCUT2D eigenvalue weighted by molar-refractivity contribution is 4.86. The maximum absolute atomic E-state index is 5.88. The van der Waals surface area contributed by atoms with E-state index in [1.165, 1.54) is 32.1 Å². The molecule has 2 nitrogen and oxygen atoms in total. The second kappa shape index (κ2) is 6.19. The van der Waals surface area contributed by atoms with Crippen LogP contribution < -0.4 is 5.73 Å². The lowest BCUT2D eigenvalue weighted by atomic mass is 9.88. The topological polar surface area (TPSA) is 29.3 Å². The minimum atomic E-state index is 0.456. The fraction of sp³-hybridized carbons (Fsp3) is 1.00. The summed E-state index contributed by atoms with van der Waals surface area (Å²) in [4.78, 5) is 2.59. The van der Waals surface area contributed by atoms with Gasteiger partial charge in [-0.1, -0.05) is 27.2 Å². The van der Waals surface area contributed by atoms with Crippen LogP contribution >= 0.6 is 0 Å². The van der Waals surface area contributed by atoms with E-state index in [9.17, 15) is 0 Å². The van der Waals surface area contributed by atoms with Crippen molar-refractivity contribution in [1.82, 2.24) is 4.90 Å². The first-order valence-corrected chi connectivity index (χ1v) is 7.27. The van der Waals surface area contributed by atoms with Gasteiger partial charge in [-0.3, -0.25) is 0 Å². The van der Waals surface area contributed by atoms with Crippen LogP contribution in [-0.2, 0) is 0 Å². The molecule has 17 heavy (non-hydrogen) atoms. The van der Waals surface area contributed by atoms with Gasteiger partial charge in [-0.2, -0.15) is 0 Å². The largest absolute Gasteiger partial charge is 0.330 e. The van der Waals surface area contributed by atoms with Crippen LogP contribution in [0.15, 0.2) is 0 Å². The second-order valence-corrected chi connectivity index (χ2v) is 7.11.